The molecule has 112 valence electrons. The first-order chi connectivity index (χ1) is 10.1. The number of hydrogen-bond acceptors (Lipinski definition) is 4. The van der Waals surface area contributed by atoms with Crippen molar-refractivity contribution in [2.24, 2.45) is 0 Å². The summed E-state index contributed by atoms with van der Waals surface area (Å²) in [5.41, 5.74) is 1.13. The minimum absolute atomic E-state index is 0.0496. The van der Waals surface area contributed by atoms with E-state index in [9.17, 15) is 9.90 Å². The molecule has 0 atom stereocenters. The van der Waals surface area contributed by atoms with E-state index in [-0.39, 0.29) is 11.7 Å². The summed E-state index contributed by atoms with van der Waals surface area (Å²) in [7, 11) is 1.56. The van der Waals surface area contributed by atoms with Crippen LogP contribution in [0.15, 0.2) is 24.3 Å². The number of aromatic carboxylic acids is 1. The second kappa shape index (κ2) is 6.39. The molecule has 1 heterocycles. The Hall–Kier alpha value is -2.37. The fraction of sp³-hybridized carbons (Fsp3) is 0.400. The van der Waals surface area contributed by atoms with Crippen molar-refractivity contribution in [1.29, 1.82) is 0 Å². The molecule has 0 bridgehead atoms. The molecule has 2 aromatic rings. The Morgan fingerprint density at radius 3 is 2.57 bits per heavy atom. The number of carboxylic acid groups (broad SMARTS) is 1. The first-order valence-corrected chi connectivity index (χ1v) is 6.95. The Labute approximate surface area is 123 Å². The summed E-state index contributed by atoms with van der Waals surface area (Å²) in [4.78, 5) is 11.5. The van der Waals surface area contributed by atoms with Crippen LogP contribution in [0.2, 0.25) is 0 Å². The second-order valence-corrected chi connectivity index (χ2v) is 4.71. The maximum atomic E-state index is 11.5. The number of carboxylic acids is 1. The van der Waals surface area contributed by atoms with E-state index in [0.717, 1.165) is 12.8 Å². The standard InChI is InChI=1S/C15H19N3O3/c1-4-10(5-2)18-14(13(15(19)20)16-17-18)11-8-6-7-9-12(11)21-3/h6-10H,4-5H2,1-3H3,(H,19,20). The van der Waals surface area contributed by atoms with E-state index < -0.39 is 5.97 Å². The van der Waals surface area contributed by atoms with Gasteiger partial charge in [0.05, 0.1) is 13.2 Å². The van der Waals surface area contributed by atoms with E-state index in [1.165, 1.54) is 0 Å². The van der Waals surface area contributed by atoms with Crippen LogP contribution in [-0.2, 0) is 0 Å². The summed E-state index contributed by atoms with van der Waals surface area (Å²) in [6.45, 7) is 4.09. The van der Waals surface area contributed by atoms with E-state index in [1.54, 1.807) is 17.9 Å². The van der Waals surface area contributed by atoms with E-state index in [4.69, 9.17) is 4.74 Å². The van der Waals surface area contributed by atoms with Crippen LogP contribution in [0.1, 0.15) is 43.2 Å². The highest BCUT2D eigenvalue weighted by Gasteiger charge is 2.25. The number of ether oxygens (including phenoxy) is 1. The fourth-order valence-corrected chi connectivity index (χ4v) is 2.42. The highest BCUT2D eigenvalue weighted by molar-refractivity contribution is 5.93. The molecule has 1 aromatic carbocycles. The number of benzene rings is 1. The molecule has 0 spiro atoms. The summed E-state index contributed by atoms with van der Waals surface area (Å²) in [6, 6.07) is 7.40. The van der Waals surface area contributed by atoms with Crippen molar-refractivity contribution in [2.75, 3.05) is 7.11 Å². The molecule has 0 fully saturated rings. The number of carbonyl (C=O) groups is 1. The lowest BCUT2D eigenvalue weighted by Gasteiger charge is -2.17. The van der Waals surface area contributed by atoms with Gasteiger partial charge in [0.1, 0.15) is 11.4 Å². The molecule has 0 aliphatic heterocycles. The van der Waals surface area contributed by atoms with Crippen LogP contribution in [0.25, 0.3) is 11.3 Å². The molecule has 2 rings (SSSR count). The molecule has 0 saturated carbocycles. The van der Waals surface area contributed by atoms with Crippen molar-refractivity contribution >= 4 is 5.97 Å². The highest BCUT2D eigenvalue weighted by Crippen LogP contribution is 2.34. The zero-order valence-corrected chi connectivity index (χ0v) is 12.4. The maximum Gasteiger partial charge on any atom is 0.358 e. The predicted molar refractivity (Wildman–Crippen MR) is 78.6 cm³/mol. The smallest absolute Gasteiger partial charge is 0.358 e. The molecular weight excluding hydrogens is 270 g/mol. The van der Waals surface area contributed by atoms with Gasteiger partial charge in [0, 0.05) is 5.56 Å². The lowest BCUT2D eigenvalue weighted by molar-refractivity contribution is 0.0691. The number of methoxy groups -OCH3 is 1. The van der Waals surface area contributed by atoms with Gasteiger partial charge in [-0.25, -0.2) is 9.48 Å². The SMILES string of the molecule is CCC(CC)n1nnc(C(=O)O)c1-c1ccccc1OC. The largest absolute Gasteiger partial charge is 0.496 e. The number of hydrogen-bond donors (Lipinski definition) is 1. The van der Waals surface area contributed by atoms with Crippen molar-refractivity contribution in [3.05, 3.63) is 30.0 Å². The van der Waals surface area contributed by atoms with Crippen LogP contribution in [0, 0.1) is 0 Å². The molecule has 1 aromatic heterocycles. The third kappa shape index (κ3) is 2.74. The van der Waals surface area contributed by atoms with Gasteiger partial charge in [-0.1, -0.05) is 31.2 Å². The predicted octanol–water partition coefficient (Wildman–Crippen LogP) is 3.01. The van der Waals surface area contributed by atoms with Crippen LogP contribution in [0.4, 0.5) is 0 Å². The van der Waals surface area contributed by atoms with E-state index in [1.807, 2.05) is 32.0 Å². The third-order valence-corrected chi connectivity index (χ3v) is 3.55. The number of aromatic nitrogens is 3. The normalized spacial score (nSPS) is 10.9. The monoisotopic (exact) mass is 289 g/mol. The van der Waals surface area contributed by atoms with Crippen molar-refractivity contribution in [3.63, 3.8) is 0 Å². The minimum Gasteiger partial charge on any atom is -0.496 e. The molecular formula is C15H19N3O3. The van der Waals surface area contributed by atoms with E-state index in [2.05, 4.69) is 10.3 Å². The van der Waals surface area contributed by atoms with Crippen molar-refractivity contribution in [2.45, 2.75) is 32.7 Å². The quantitative estimate of drug-likeness (QED) is 0.884. The van der Waals surface area contributed by atoms with Crippen molar-refractivity contribution in [3.8, 4) is 17.0 Å². The van der Waals surface area contributed by atoms with Gasteiger partial charge in [-0.2, -0.15) is 0 Å². The number of para-hydroxylation sites is 1. The van der Waals surface area contributed by atoms with Gasteiger partial charge in [0.2, 0.25) is 0 Å². The van der Waals surface area contributed by atoms with Gasteiger partial charge < -0.3 is 9.84 Å². The molecule has 0 radical (unpaired) electrons. The summed E-state index contributed by atoms with van der Waals surface area (Å²) >= 11 is 0. The van der Waals surface area contributed by atoms with Crippen molar-refractivity contribution < 1.29 is 14.6 Å². The average molecular weight is 289 g/mol. The third-order valence-electron chi connectivity index (χ3n) is 3.55. The molecule has 0 amide bonds. The zero-order chi connectivity index (χ0) is 15.4. The van der Waals surface area contributed by atoms with Crippen LogP contribution < -0.4 is 4.74 Å². The van der Waals surface area contributed by atoms with Crippen LogP contribution in [0.5, 0.6) is 5.75 Å². The molecule has 0 aliphatic carbocycles. The number of nitrogens with zero attached hydrogens (tertiary/aromatic N) is 3. The summed E-state index contributed by atoms with van der Waals surface area (Å²) in [6.07, 6.45) is 1.70. The molecule has 1 N–H and O–H groups in total. The summed E-state index contributed by atoms with van der Waals surface area (Å²) in [5, 5.41) is 17.3. The van der Waals surface area contributed by atoms with Gasteiger partial charge >= 0.3 is 5.97 Å². The minimum atomic E-state index is -1.09. The fourth-order valence-electron chi connectivity index (χ4n) is 2.42. The Bertz CT molecular complexity index is 633. The van der Waals surface area contributed by atoms with Gasteiger partial charge in [-0.15, -0.1) is 5.10 Å². The molecule has 6 nitrogen and oxygen atoms in total. The van der Waals surface area contributed by atoms with Gasteiger partial charge in [0.25, 0.3) is 0 Å². The highest BCUT2D eigenvalue weighted by atomic mass is 16.5. The number of rotatable bonds is 6. The molecule has 6 heteroatoms. The molecule has 0 aliphatic rings. The molecule has 0 unspecified atom stereocenters. The van der Waals surface area contributed by atoms with Gasteiger partial charge in [-0.05, 0) is 25.0 Å². The topological polar surface area (TPSA) is 77.2 Å². The van der Waals surface area contributed by atoms with E-state index in [0.29, 0.717) is 17.0 Å². The molecule has 0 saturated heterocycles. The Morgan fingerprint density at radius 2 is 2.00 bits per heavy atom. The lowest BCUT2D eigenvalue weighted by Crippen LogP contribution is -2.11. The Morgan fingerprint density at radius 1 is 1.33 bits per heavy atom. The Balaban J connectivity index is 2.69. The van der Waals surface area contributed by atoms with E-state index >= 15 is 0 Å². The van der Waals surface area contributed by atoms with Gasteiger partial charge in [-0.3, -0.25) is 0 Å². The van der Waals surface area contributed by atoms with Crippen LogP contribution >= 0.6 is 0 Å². The second-order valence-electron chi connectivity index (χ2n) is 4.71. The summed E-state index contributed by atoms with van der Waals surface area (Å²) in [5.74, 6) is -0.484. The first kappa shape index (κ1) is 15.0. The first-order valence-electron chi connectivity index (χ1n) is 6.95. The lowest BCUT2D eigenvalue weighted by atomic mass is 10.1. The van der Waals surface area contributed by atoms with Crippen LogP contribution in [-0.4, -0.2) is 33.2 Å². The van der Waals surface area contributed by atoms with Crippen LogP contribution in [0.3, 0.4) is 0 Å². The summed E-state index contributed by atoms with van der Waals surface area (Å²) < 4.78 is 7.04. The average Bonchev–Trinajstić information content (AvgIpc) is 2.93. The zero-order valence-electron chi connectivity index (χ0n) is 12.4. The van der Waals surface area contributed by atoms with Gasteiger partial charge in [0.15, 0.2) is 5.69 Å². The molecule has 21 heavy (non-hydrogen) atoms. The Kier molecular flexibility index (Phi) is 4.57. The van der Waals surface area contributed by atoms with Crippen molar-refractivity contribution in [1.82, 2.24) is 15.0 Å². The maximum absolute atomic E-state index is 11.5.